The lowest BCUT2D eigenvalue weighted by atomic mass is 10.1. The van der Waals surface area contributed by atoms with Gasteiger partial charge in [0.25, 0.3) is 0 Å². The average molecular weight is 388 g/mol. The van der Waals surface area contributed by atoms with E-state index in [1.165, 1.54) is 0 Å². The number of rotatable bonds is 8. The van der Waals surface area contributed by atoms with Crippen molar-refractivity contribution in [2.75, 3.05) is 13.6 Å². The number of nitrogens with zero attached hydrogens (tertiary/aromatic N) is 2. The summed E-state index contributed by atoms with van der Waals surface area (Å²) in [5.74, 6) is 0.663. The van der Waals surface area contributed by atoms with Gasteiger partial charge in [-0.05, 0) is 44.9 Å². The zero-order valence-corrected chi connectivity index (χ0v) is 17.6. The number of amides is 1. The fraction of sp³-hybridized carbons (Fsp3) is 0.571. The SMILES string of the molecule is CCCCC(CNC(=O)OC(C)(C)C)NC(=NC)NCc1ccc(C#N)cc1. The maximum Gasteiger partial charge on any atom is 0.407 e. The first kappa shape index (κ1) is 23.3. The third kappa shape index (κ3) is 9.81. The van der Waals surface area contributed by atoms with Gasteiger partial charge in [-0.15, -0.1) is 0 Å². The van der Waals surface area contributed by atoms with Crippen molar-refractivity contribution in [2.45, 2.75) is 65.1 Å². The summed E-state index contributed by atoms with van der Waals surface area (Å²) in [6, 6.07) is 9.57. The number of carbonyl (C=O) groups is 1. The first-order chi connectivity index (χ1) is 13.3. The van der Waals surface area contributed by atoms with E-state index in [0.717, 1.165) is 24.8 Å². The van der Waals surface area contributed by atoms with E-state index in [1.807, 2.05) is 32.9 Å². The highest BCUT2D eigenvalue weighted by Gasteiger charge is 2.18. The molecule has 0 bridgehead atoms. The molecule has 1 aromatic rings. The van der Waals surface area contributed by atoms with E-state index in [2.05, 4.69) is 33.9 Å². The van der Waals surface area contributed by atoms with Crippen LogP contribution in [0.25, 0.3) is 0 Å². The van der Waals surface area contributed by atoms with Crippen LogP contribution in [0.1, 0.15) is 58.1 Å². The molecule has 7 nitrogen and oxygen atoms in total. The minimum Gasteiger partial charge on any atom is -0.444 e. The summed E-state index contributed by atoms with van der Waals surface area (Å²) < 4.78 is 5.30. The highest BCUT2D eigenvalue weighted by atomic mass is 16.6. The number of alkyl carbamates (subject to hydrolysis) is 1. The van der Waals surface area contributed by atoms with E-state index in [0.29, 0.717) is 24.6 Å². The normalized spacial score (nSPS) is 12.6. The molecule has 0 radical (unpaired) electrons. The molecule has 7 heteroatoms. The van der Waals surface area contributed by atoms with E-state index in [9.17, 15) is 4.79 Å². The van der Waals surface area contributed by atoms with E-state index in [1.54, 1.807) is 19.2 Å². The predicted molar refractivity (Wildman–Crippen MR) is 112 cm³/mol. The van der Waals surface area contributed by atoms with Crippen LogP contribution in [0.15, 0.2) is 29.3 Å². The molecule has 154 valence electrons. The molecule has 0 saturated carbocycles. The van der Waals surface area contributed by atoms with Crippen LogP contribution in [-0.4, -0.2) is 37.3 Å². The smallest absolute Gasteiger partial charge is 0.407 e. The summed E-state index contributed by atoms with van der Waals surface area (Å²) in [6.45, 7) is 8.70. The Morgan fingerprint density at radius 1 is 1.25 bits per heavy atom. The van der Waals surface area contributed by atoms with E-state index >= 15 is 0 Å². The Kier molecular flexibility index (Phi) is 9.86. The largest absolute Gasteiger partial charge is 0.444 e. The molecule has 0 aliphatic heterocycles. The second-order valence-electron chi connectivity index (χ2n) is 7.60. The first-order valence-electron chi connectivity index (χ1n) is 9.70. The first-order valence-corrected chi connectivity index (χ1v) is 9.70. The molecule has 0 spiro atoms. The van der Waals surface area contributed by atoms with Crippen molar-refractivity contribution in [1.82, 2.24) is 16.0 Å². The number of hydrogen-bond donors (Lipinski definition) is 3. The van der Waals surface area contributed by atoms with Crippen LogP contribution in [0.4, 0.5) is 4.79 Å². The van der Waals surface area contributed by atoms with Gasteiger partial charge in [0.15, 0.2) is 5.96 Å². The molecule has 1 unspecified atom stereocenters. The summed E-state index contributed by atoms with van der Waals surface area (Å²) in [5, 5.41) is 18.3. The minimum atomic E-state index is -0.519. The third-order valence-electron chi connectivity index (χ3n) is 3.91. The van der Waals surface area contributed by atoms with Crippen molar-refractivity contribution in [1.29, 1.82) is 5.26 Å². The Labute approximate surface area is 168 Å². The van der Waals surface area contributed by atoms with Crippen LogP contribution in [0, 0.1) is 11.3 Å². The standard InChI is InChI=1S/C21H33N5O2/c1-6-7-8-18(15-25-20(27)28-21(2,3)4)26-19(23-5)24-14-17-11-9-16(13-22)10-12-17/h9-12,18H,6-8,14-15H2,1-5H3,(H,25,27)(H2,23,24,26). The molecule has 0 fully saturated rings. The fourth-order valence-electron chi connectivity index (χ4n) is 2.47. The molecule has 1 amide bonds. The van der Waals surface area contributed by atoms with Gasteiger partial charge in [-0.2, -0.15) is 5.26 Å². The fourth-order valence-corrected chi connectivity index (χ4v) is 2.47. The zero-order chi connectivity index (χ0) is 21.0. The minimum absolute atomic E-state index is 0.0413. The molecule has 0 heterocycles. The number of guanidine groups is 1. The molecule has 0 aromatic heterocycles. The van der Waals surface area contributed by atoms with Crippen molar-refractivity contribution < 1.29 is 9.53 Å². The van der Waals surface area contributed by atoms with Crippen LogP contribution in [0.2, 0.25) is 0 Å². The van der Waals surface area contributed by atoms with Crippen LogP contribution >= 0.6 is 0 Å². The van der Waals surface area contributed by atoms with Crippen LogP contribution < -0.4 is 16.0 Å². The lowest BCUT2D eigenvalue weighted by Crippen LogP contribution is -2.48. The monoisotopic (exact) mass is 387 g/mol. The zero-order valence-electron chi connectivity index (χ0n) is 17.6. The van der Waals surface area contributed by atoms with Crippen molar-refractivity contribution >= 4 is 12.1 Å². The Bertz CT molecular complexity index is 672. The number of unbranched alkanes of at least 4 members (excludes halogenated alkanes) is 1. The van der Waals surface area contributed by atoms with Gasteiger partial charge in [-0.1, -0.05) is 31.9 Å². The Balaban J connectivity index is 2.58. The quantitative estimate of drug-likeness (QED) is 0.469. The second-order valence-corrected chi connectivity index (χ2v) is 7.60. The Hall–Kier alpha value is -2.75. The number of benzene rings is 1. The number of hydrogen-bond acceptors (Lipinski definition) is 4. The predicted octanol–water partition coefficient (Wildman–Crippen LogP) is 3.31. The van der Waals surface area contributed by atoms with Gasteiger partial charge in [0.05, 0.1) is 11.6 Å². The number of carbonyl (C=O) groups excluding carboxylic acids is 1. The topological polar surface area (TPSA) is 98.5 Å². The van der Waals surface area contributed by atoms with Gasteiger partial charge in [-0.25, -0.2) is 4.79 Å². The van der Waals surface area contributed by atoms with Gasteiger partial charge in [0, 0.05) is 26.2 Å². The number of ether oxygens (including phenoxy) is 1. The van der Waals surface area contributed by atoms with Gasteiger partial charge in [0.2, 0.25) is 0 Å². The van der Waals surface area contributed by atoms with Crippen molar-refractivity contribution in [3.63, 3.8) is 0 Å². The third-order valence-corrected chi connectivity index (χ3v) is 3.91. The van der Waals surface area contributed by atoms with Gasteiger partial charge >= 0.3 is 6.09 Å². The van der Waals surface area contributed by atoms with Crippen molar-refractivity contribution in [3.05, 3.63) is 35.4 Å². The van der Waals surface area contributed by atoms with Gasteiger partial charge in [-0.3, -0.25) is 4.99 Å². The lowest BCUT2D eigenvalue weighted by molar-refractivity contribution is 0.0523. The number of aliphatic imine (C=N–C) groups is 1. The number of nitriles is 1. The molecule has 0 aliphatic carbocycles. The molecule has 28 heavy (non-hydrogen) atoms. The molecule has 0 aliphatic rings. The van der Waals surface area contributed by atoms with Crippen LogP contribution in [0.5, 0.6) is 0 Å². The Morgan fingerprint density at radius 2 is 1.93 bits per heavy atom. The van der Waals surface area contributed by atoms with Crippen molar-refractivity contribution in [2.24, 2.45) is 4.99 Å². The van der Waals surface area contributed by atoms with Crippen molar-refractivity contribution in [3.8, 4) is 6.07 Å². The summed E-state index contributed by atoms with van der Waals surface area (Å²) >= 11 is 0. The maximum absolute atomic E-state index is 11.9. The van der Waals surface area contributed by atoms with E-state index in [4.69, 9.17) is 10.00 Å². The second kappa shape index (κ2) is 11.9. The maximum atomic E-state index is 11.9. The van der Waals surface area contributed by atoms with Crippen LogP contribution in [-0.2, 0) is 11.3 Å². The highest BCUT2D eigenvalue weighted by molar-refractivity contribution is 5.80. The lowest BCUT2D eigenvalue weighted by Gasteiger charge is -2.24. The molecular formula is C21H33N5O2. The van der Waals surface area contributed by atoms with E-state index in [-0.39, 0.29) is 6.04 Å². The molecule has 1 rings (SSSR count). The molecule has 3 N–H and O–H groups in total. The van der Waals surface area contributed by atoms with E-state index < -0.39 is 11.7 Å². The Morgan fingerprint density at radius 3 is 2.46 bits per heavy atom. The molecule has 1 atom stereocenters. The summed E-state index contributed by atoms with van der Waals surface area (Å²) in [5.41, 5.74) is 1.17. The molecular weight excluding hydrogens is 354 g/mol. The van der Waals surface area contributed by atoms with Gasteiger partial charge in [0.1, 0.15) is 5.60 Å². The number of nitrogens with one attached hydrogen (secondary N) is 3. The highest BCUT2D eigenvalue weighted by Crippen LogP contribution is 2.07. The summed E-state index contributed by atoms with van der Waals surface area (Å²) in [6.07, 6.45) is 2.60. The summed E-state index contributed by atoms with van der Waals surface area (Å²) in [7, 11) is 1.71. The van der Waals surface area contributed by atoms with Gasteiger partial charge < -0.3 is 20.7 Å². The average Bonchev–Trinajstić information content (AvgIpc) is 2.65. The summed E-state index contributed by atoms with van der Waals surface area (Å²) in [4.78, 5) is 16.2. The van der Waals surface area contributed by atoms with Crippen LogP contribution in [0.3, 0.4) is 0 Å². The molecule has 0 saturated heterocycles. The molecule has 1 aromatic carbocycles.